The lowest BCUT2D eigenvalue weighted by molar-refractivity contribution is -0.385. The Kier molecular flexibility index (Phi) is 4.98. The van der Waals surface area contributed by atoms with E-state index in [1.165, 1.54) is 23.9 Å². The number of nitro groups is 1. The quantitative estimate of drug-likeness (QED) is 0.478. The van der Waals surface area contributed by atoms with Crippen LogP contribution in [-0.2, 0) is 10.0 Å². The Balaban J connectivity index is 2.30. The van der Waals surface area contributed by atoms with Crippen LogP contribution < -0.4 is 4.72 Å². The lowest BCUT2D eigenvalue weighted by Gasteiger charge is -2.05. The van der Waals surface area contributed by atoms with Crippen LogP contribution in [0.5, 0.6) is 0 Å². The predicted octanol–water partition coefficient (Wildman–Crippen LogP) is 2.67. The summed E-state index contributed by atoms with van der Waals surface area (Å²) in [6.07, 6.45) is 0. The van der Waals surface area contributed by atoms with Crippen LogP contribution in [0, 0.1) is 17.0 Å². The minimum absolute atomic E-state index is 0.124. The Labute approximate surface area is 135 Å². The van der Waals surface area contributed by atoms with Crippen LogP contribution >= 0.6 is 23.1 Å². The van der Waals surface area contributed by atoms with Gasteiger partial charge in [-0.3, -0.25) is 14.8 Å². The van der Waals surface area contributed by atoms with E-state index in [1.807, 2.05) is 6.92 Å². The number of sulfonamides is 1. The first-order chi connectivity index (χ1) is 10.3. The van der Waals surface area contributed by atoms with Gasteiger partial charge in [-0.05, 0) is 18.7 Å². The fourth-order valence-electron chi connectivity index (χ4n) is 1.56. The molecule has 1 aromatic carbocycles. The average Bonchev–Trinajstić information content (AvgIpc) is 2.85. The molecule has 0 saturated carbocycles. The smallest absolute Gasteiger partial charge is 0.258 e. The van der Waals surface area contributed by atoms with Crippen molar-refractivity contribution in [3.05, 3.63) is 33.9 Å². The number of rotatable bonds is 6. The summed E-state index contributed by atoms with van der Waals surface area (Å²) < 4.78 is 27.4. The zero-order valence-corrected chi connectivity index (χ0v) is 14.1. The number of thioether (sulfide) groups is 1. The van der Waals surface area contributed by atoms with Crippen LogP contribution in [0.2, 0.25) is 0 Å². The molecule has 1 heterocycles. The maximum absolute atomic E-state index is 12.3. The number of anilines is 1. The lowest BCUT2D eigenvalue weighted by Crippen LogP contribution is -2.13. The second-order valence-corrected chi connectivity index (χ2v) is 8.29. The summed E-state index contributed by atoms with van der Waals surface area (Å²) in [5, 5.41) is 18.6. The van der Waals surface area contributed by atoms with Crippen molar-refractivity contribution < 1.29 is 13.3 Å². The van der Waals surface area contributed by atoms with E-state index in [-0.39, 0.29) is 15.7 Å². The Morgan fingerprint density at radius 3 is 2.77 bits per heavy atom. The molecule has 2 rings (SSSR count). The highest BCUT2D eigenvalue weighted by Gasteiger charge is 2.21. The van der Waals surface area contributed by atoms with E-state index < -0.39 is 14.9 Å². The van der Waals surface area contributed by atoms with E-state index in [0.717, 1.165) is 23.2 Å². The van der Waals surface area contributed by atoms with Crippen molar-refractivity contribution in [1.29, 1.82) is 0 Å². The molecule has 0 aliphatic heterocycles. The summed E-state index contributed by atoms with van der Waals surface area (Å²) in [5.41, 5.74) is 0.142. The van der Waals surface area contributed by atoms with Crippen molar-refractivity contribution in [3.8, 4) is 0 Å². The van der Waals surface area contributed by atoms with Gasteiger partial charge in [-0.25, -0.2) is 8.42 Å². The predicted molar refractivity (Wildman–Crippen MR) is 84.9 cm³/mol. The van der Waals surface area contributed by atoms with E-state index in [2.05, 4.69) is 14.9 Å². The summed E-state index contributed by atoms with van der Waals surface area (Å²) in [6, 6.07) is 3.74. The molecule has 2 aromatic rings. The van der Waals surface area contributed by atoms with Gasteiger partial charge < -0.3 is 0 Å². The highest BCUT2D eigenvalue weighted by molar-refractivity contribution is 8.01. The third-order valence-corrected chi connectivity index (χ3v) is 5.90. The van der Waals surface area contributed by atoms with Crippen LogP contribution in [0.1, 0.15) is 12.5 Å². The number of aryl methyl sites for hydroxylation is 1. The maximum Gasteiger partial charge on any atom is 0.273 e. The Bertz CT molecular complexity index is 803. The number of hydrogen-bond donors (Lipinski definition) is 1. The van der Waals surface area contributed by atoms with Gasteiger partial charge >= 0.3 is 0 Å². The molecule has 0 aliphatic carbocycles. The molecule has 0 amide bonds. The first kappa shape index (κ1) is 16.6. The van der Waals surface area contributed by atoms with Crippen LogP contribution in [0.15, 0.2) is 27.4 Å². The van der Waals surface area contributed by atoms with Crippen LogP contribution in [-0.4, -0.2) is 29.3 Å². The van der Waals surface area contributed by atoms with Gasteiger partial charge in [0, 0.05) is 11.6 Å². The van der Waals surface area contributed by atoms with Crippen molar-refractivity contribution in [2.45, 2.75) is 23.1 Å². The van der Waals surface area contributed by atoms with E-state index >= 15 is 0 Å². The zero-order chi connectivity index (χ0) is 16.3. The molecule has 1 aromatic heterocycles. The molecule has 1 N–H and O–H groups in total. The van der Waals surface area contributed by atoms with Gasteiger partial charge in [0.2, 0.25) is 5.13 Å². The molecule has 0 saturated heterocycles. The Morgan fingerprint density at radius 1 is 1.41 bits per heavy atom. The number of nitro benzene ring substituents is 1. The molecule has 118 valence electrons. The molecule has 0 unspecified atom stereocenters. The van der Waals surface area contributed by atoms with Gasteiger partial charge in [0.25, 0.3) is 15.7 Å². The monoisotopic (exact) mass is 360 g/mol. The first-order valence-corrected chi connectivity index (χ1v) is 9.36. The van der Waals surface area contributed by atoms with E-state index in [0.29, 0.717) is 9.90 Å². The van der Waals surface area contributed by atoms with E-state index in [4.69, 9.17) is 0 Å². The molecule has 8 nitrogen and oxygen atoms in total. The fourth-order valence-corrected chi connectivity index (χ4v) is 4.46. The first-order valence-electron chi connectivity index (χ1n) is 6.07. The minimum atomic E-state index is -3.94. The lowest BCUT2D eigenvalue weighted by atomic mass is 10.2. The summed E-state index contributed by atoms with van der Waals surface area (Å²) >= 11 is 2.56. The zero-order valence-electron chi connectivity index (χ0n) is 11.6. The second kappa shape index (κ2) is 6.58. The van der Waals surface area contributed by atoms with Crippen molar-refractivity contribution in [1.82, 2.24) is 10.2 Å². The third kappa shape index (κ3) is 3.72. The molecule has 0 radical (unpaired) electrons. The Morgan fingerprint density at radius 2 is 2.14 bits per heavy atom. The van der Waals surface area contributed by atoms with Gasteiger partial charge in [0.05, 0.1) is 9.82 Å². The van der Waals surface area contributed by atoms with Crippen molar-refractivity contribution in [2.75, 3.05) is 10.5 Å². The van der Waals surface area contributed by atoms with Gasteiger partial charge in [-0.1, -0.05) is 36.1 Å². The van der Waals surface area contributed by atoms with Gasteiger partial charge in [-0.15, -0.1) is 10.2 Å². The van der Waals surface area contributed by atoms with E-state index in [1.54, 1.807) is 6.92 Å². The molecule has 0 atom stereocenters. The highest BCUT2D eigenvalue weighted by atomic mass is 32.2. The van der Waals surface area contributed by atoms with Gasteiger partial charge in [0.15, 0.2) is 4.34 Å². The number of benzene rings is 1. The third-order valence-electron chi connectivity index (χ3n) is 2.58. The van der Waals surface area contributed by atoms with Crippen LogP contribution in [0.25, 0.3) is 0 Å². The standard InChI is InChI=1S/C11H12N4O4S3/c1-3-20-11-13-12-10(21-11)14-22(18,19)8-5-4-7(2)9(6-8)15(16)17/h4-6H,3H2,1-2H3,(H,12,14). The van der Waals surface area contributed by atoms with Crippen molar-refractivity contribution in [3.63, 3.8) is 0 Å². The Hall–Kier alpha value is -1.72. The van der Waals surface area contributed by atoms with Crippen LogP contribution in [0.3, 0.4) is 0 Å². The molecule has 0 aliphatic rings. The van der Waals surface area contributed by atoms with Crippen LogP contribution in [0.4, 0.5) is 10.8 Å². The molecule has 0 spiro atoms. The number of nitrogens with zero attached hydrogens (tertiary/aromatic N) is 3. The summed E-state index contributed by atoms with van der Waals surface area (Å²) in [7, 11) is -3.94. The summed E-state index contributed by atoms with van der Waals surface area (Å²) in [5.74, 6) is 0.797. The van der Waals surface area contributed by atoms with Gasteiger partial charge in [-0.2, -0.15) is 0 Å². The maximum atomic E-state index is 12.3. The summed E-state index contributed by atoms with van der Waals surface area (Å²) in [4.78, 5) is 10.1. The van der Waals surface area contributed by atoms with Gasteiger partial charge in [0.1, 0.15) is 0 Å². The highest BCUT2D eigenvalue weighted by Crippen LogP contribution is 2.28. The normalized spacial score (nSPS) is 11.4. The fraction of sp³-hybridized carbons (Fsp3) is 0.273. The second-order valence-electron chi connectivity index (χ2n) is 4.12. The van der Waals surface area contributed by atoms with Crippen molar-refractivity contribution in [2.24, 2.45) is 0 Å². The summed E-state index contributed by atoms with van der Waals surface area (Å²) in [6.45, 7) is 3.49. The minimum Gasteiger partial charge on any atom is -0.258 e. The molecule has 11 heteroatoms. The molecule has 22 heavy (non-hydrogen) atoms. The molecular weight excluding hydrogens is 348 g/mol. The number of aromatic nitrogens is 2. The van der Waals surface area contributed by atoms with Crippen molar-refractivity contribution >= 4 is 43.9 Å². The number of nitrogens with one attached hydrogen (secondary N) is 1. The SMILES string of the molecule is CCSc1nnc(NS(=O)(=O)c2ccc(C)c([N+](=O)[O-])c2)s1. The molecule has 0 fully saturated rings. The number of hydrogen-bond acceptors (Lipinski definition) is 8. The molecule has 0 bridgehead atoms. The molecular formula is C11H12N4O4S3. The largest absolute Gasteiger partial charge is 0.273 e. The topological polar surface area (TPSA) is 115 Å². The van der Waals surface area contributed by atoms with E-state index in [9.17, 15) is 18.5 Å². The average molecular weight is 360 g/mol.